The molecule has 1 saturated carbocycles. The maximum Gasteiger partial charge on any atom is 0.348 e. The second-order valence-corrected chi connectivity index (χ2v) is 8.90. The number of carboxylic acid groups (broad SMARTS) is 1. The van der Waals surface area contributed by atoms with Crippen LogP contribution in [-0.2, 0) is 4.79 Å². The number of anilines is 1. The van der Waals surface area contributed by atoms with E-state index in [0.717, 1.165) is 36.1 Å². The summed E-state index contributed by atoms with van der Waals surface area (Å²) in [6.07, 6.45) is 11.0. The molecule has 0 bridgehead atoms. The summed E-state index contributed by atoms with van der Waals surface area (Å²) in [6, 6.07) is 1.55. The van der Waals surface area contributed by atoms with Gasteiger partial charge in [0.15, 0.2) is 0 Å². The highest BCUT2D eigenvalue weighted by Crippen LogP contribution is 2.38. The van der Waals surface area contributed by atoms with Gasteiger partial charge in [-0.1, -0.05) is 37.8 Å². The number of carbonyl (C=O) groups excluding carboxylic acids is 1. The largest absolute Gasteiger partial charge is 0.477 e. The second kappa shape index (κ2) is 10.6. The minimum absolute atomic E-state index is 0.00474. The van der Waals surface area contributed by atoms with Crippen molar-refractivity contribution < 1.29 is 14.7 Å². The summed E-state index contributed by atoms with van der Waals surface area (Å²) in [6.45, 7) is 9.93. The average Bonchev–Trinajstić information content (AvgIpc) is 3.14. The highest BCUT2D eigenvalue weighted by molar-refractivity contribution is 7.15. The van der Waals surface area contributed by atoms with Gasteiger partial charge in [-0.3, -0.25) is 4.79 Å². The molecule has 3 N–H and O–H groups in total. The van der Waals surface area contributed by atoms with Crippen molar-refractivity contribution in [1.29, 1.82) is 0 Å². The molecule has 0 aromatic carbocycles. The van der Waals surface area contributed by atoms with Crippen LogP contribution in [0.1, 0.15) is 61.0 Å². The van der Waals surface area contributed by atoms with Crippen molar-refractivity contribution in [1.82, 2.24) is 0 Å². The molecule has 1 unspecified atom stereocenters. The molecule has 0 spiro atoms. The molecule has 1 aliphatic rings. The number of amides is 1. The lowest BCUT2D eigenvalue weighted by atomic mass is 9.82. The van der Waals surface area contributed by atoms with Crippen LogP contribution >= 0.6 is 11.3 Å². The van der Waals surface area contributed by atoms with Crippen molar-refractivity contribution in [3.63, 3.8) is 0 Å². The van der Waals surface area contributed by atoms with Gasteiger partial charge in [-0.2, -0.15) is 0 Å². The van der Waals surface area contributed by atoms with Gasteiger partial charge >= 0.3 is 5.97 Å². The SMILES string of the molecule is C=CC=CC=C(C)c1cc(N(C(=O)C2CCC(C)CC2)C(C)CN)c(C(=O)O)s1. The van der Waals surface area contributed by atoms with E-state index in [1.807, 2.05) is 38.1 Å². The van der Waals surface area contributed by atoms with Crippen LogP contribution in [0.3, 0.4) is 0 Å². The van der Waals surface area contributed by atoms with Crippen LogP contribution in [0, 0.1) is 11.8 Å². The summed E-state index contributed by atoms with van der Waals surface area (Å²) >= 11 is 1.19. The number of nitrogens with two attached hydrogens (primary N) is 1. The molecule has 5 nitrogen and oxygen atoms in total. The first-order chi connectivity index (χ1) is 13.8. The van der Waals surface area contributed by atoms with E-state index in [9.17, 15) is 14.7 Å². The van der Waals surface area contributed by atoms with Crippen molar-refractivity contribution in [2.24, 2.45) is 17.6 Å². The average molecular weight is 417 g/mol. The number of hydrogen-bond acceptors (Lipinski definition) is 4. The molecule has 158 valence electrons. The third-order valence-corrected chi connectivity index (χ3v) is 6.78. The van der Waals surface area contributed by atoms with Crippen molar-refractivity contribution in [3.8, 4) is 0 Å². The van der Waals surface area contributed by atoms with E-state index in [2.05, 4.69) is 13.5 Å². The van der Waals surface area contributed by atoms with Crippen LogP contribution in [-0.4, -0.2) is 29.6 Å². The second-order valence-electron chi connectivity index (χ2n) is 7.85. The maximum atomic E-state index is 13.4. The molecule has 0 saturated heterocycles. The highest BCUT2D eigenvalue weighted by Gasteiger charge is 2.34. The number of aromatic carboxylic acids is 1. The third kappa shape index (κ3) is 5.67. The minimum atomic E-state index is -1.02. The molecule has 1 aliphatic carbocycles. The number of carboxylic acids is 1. The van der Waals surface area contributed by atoms with Crippen LogP contribution in [0.15, 0.2) is 36.9 Å². The van der Waals surface area contributed by atoms with E-state index in [1.165, 1.54) is 11.3 Å². The van der Waals surface area contributed by atoms with E-state index < -0.39 is 5.97 Å². The Labute approximate surface area is 177 Å². The van der Waals surface area contributed by atoms with Crippen LogP contribution in [0.5, 0.6) is 0 Å². The number of allylic oxidation sites excluding steroid dienone is 5. The summed E-state index contributed by atoms with van der Waals surface area (Å²) in [5.74, 6) is -0.463. The quantitative estimate of drug-likeness (QED) is 0.578. The van der Waals surface area contributed by atoms with Gasteiger partial charge in [-0.15, -0.1) is 11.3 Å². The fourth-order valence-corrected chi connectivity index (χ4v) is 4.62. The van der Waals surface area contributed by atoms with Crippen molar-refractivity contribution in [2.75, 3.05) is 11.4 Å². The minimum Gasteiger partial charge on any atom is -0.477 e. The van der Waals surface area contributed by atoms with E-state index in [-0.39, 0.29) is 29.3 Å². The van der Waals surface area contributed by atoms with Crippen LogP contribution in [0.4, 0.5) is 5.69 Å². The first-order valence-electron chi connectivity index (χ1n) is 10.2. The van der Waals surface area contributed by atoms with Crippen LogP contribution < -0.4 is 10.6 Å². The Morgan fingerprint density at radius 3 is 2.55 bits per heavy atom. The van der Waals surface area contributed by atoms with Gasteiger partial charge in [-0.25, -0.2) is 4.79 Å². The van der Waals surface area contributed by atoms with E-state index >= 15 is 0 Å². The third-order valence-electron chi connectivity index (χ3n) is 5.53. The maximum absolute atomic E-state index is 13.4. The van der Waals surface area contributed by atoms with E-state index in [0.29, 0.717) is 11.6 Å². The Morgan fingerprint density at radius 1 is 1.34 bits per heavy atom. The molecule has 1 atom stereocenters. The zero-order valence-electron chi connectivity index (χ0n) is 17.6. The molecule has 2 rings (SSSR count). The first kappa shape index (κ1) is 23.1. The number of hydrogen-bond donors (Lipinski definition) is 2. The molecule has 0 radical (unpaired) electrons. The molecule has 0 aliphatic heterocycles. The van der Waals surface area contributed by atoms with Crippen molar-refractivity contribution in [3.05, 3.63) is 46.7 Å². The number of rotatable bonds is 8. The van der Waals surface area contributed by atoms with Crippen molar-refractivity contribution in [2.45, 2.75) is 52.5 Å². The van der Waals surface area contributed by atoms with Gasteiger partial charge in [0.1, 0.15) is 4.88 Å². The monoisotopic (exact) mass is 416 g/mol. The van der Waals surface area contributed by atoms with Crippen LogP contribution in [0.25, 0.3) is 5.57 Å². The van der Waals surface area contributed by atoms with E-state index in [4.69, 9.17) is 5.73 Å². The molecular weight excluding hydrogens is 384 g/mol. The van der Waals surface area contributed by atoms with Crippen molar-refractivity contribution >= 4 is 34.5 Å². The summed E-state index contributed by atoms with van der Waals surface area (Å²) in [5, 5.41) is 9.80. The number of thiophene rings is 1. The molecule has 1 aromatic rings. The molecule has 1 fully saturated rings. The zero-order valence-corrected chi connectivity index (χ0v) is 18.4. The molecular formula is C23H32N2O3S. The molecule has 1 aromatic heterocycles. The summed E-state index contributed by atoms with van der Waals surface area (Å²) in [5.41, 5.74) is 7.30. The lowest BCUT2D eigenvalue weighted by Gasteiger charge is -2.34. The van der Waals surface area contributed by atoms with Gasteiger partial charge < -0.3 is 15.7 Å². The highest BCUT2D eigenvalue weighted by atomic mass is 32.1. The molecule has 29 heavy (non-hydrogen) atoms. The standard InChI is InChI=1S/C23H32N2O3S/c1-5-6-7-8-16(3)20-13-19(21(29-20)23(27)28)25(17(4)14-24)22(26)18-11-9-15(2)10-12-18/h5-8,13,15,17-18H,1,9-12,14,24H2,2-4H3,(H,27,28). The van der Waals surface area contributed by atoms with Gasteiger partial charge in [0.05, 0.1) is 5.69 Å². The molecule has 1 heterocycles. The van der Waals surface area contributed by atoms with Gasteiger partial charge in [0, 0.05) is 23.4 Å². The van der Waals surface area contributed by atoms with Crippen LogP contribution in [0.2, 0.25) is 0 Å². The topological polar surface area (TPSA) is 83.6 Å². The smallest absolute Gasteiger partial charge is 0.348 e. The summed E-state index contributed by atoms with van der Waals surface area (Å²) in [4.78, 5) is 28.0. The zero-order chi connectivity index (χ0) is 21.6. The predicted octanol–water partition coefficient (Wildman–Crippen LogP) is 5.10. The molecule has 1 amide bonds. The lowest BCUT2D eigenvalue weighted by Crippen LogP contribution is -2.46. The first-order valence-corrected chi connectivity index (χ1v) is 11.0. The van der Waals surface area contributed by atoms with E-state index in [1.54, 1.807) is 11.0 Å². The fraction of sp³-hybridized carbons (Fsp3) is 0.478. The predicted molar refractivity (Wildman–Crippen MR) is 121 cm³/mol. The summed E-state index contributed by atoms with van der Waals surface area (Å²) < 4.78 is 0. The van der Waals surface area contributed by atoms with Gasteiger partial charge in [0.25, 0.3) is 0 Å². The van der Waals surface area contributed by atoms with Gasteiger partial charge in [0.2, 0.25) is 5.91 Å². The Kier molecular flexibility index (Phi) is 8.41. The lowest BCUT2D eigenvalue weighted by molar-refractivity contribution is -0.123. The normalized spacial score (nSPS) is 21.2. The Hall–Kier alpha value is -2.18. The van der Waals surface area contributed by atoms with Gasteiger partial charge in [-0.05, 0) is 57.1 Å². The Bertz CT molecular complexity index is 801. The Morgan fingerprint density at radius 2 is 2.00 bits per heavy atom. The summed E-state index contributed by atoms with van der Waals surface area (Å²) in [7, 11) is 0. The number of nitrogens with zero attached hydrogens (tertiary/aromatic N) is 1. The molecule has 6 heteroatoms. The number of carbonyl (C=O) groups is 2. The Balaban J connectivity index is 2.45. The fourth-order valence-electron chi connectivity index (χ4n) is 3.65.